The van der Waals surface area contributed by atoms with Crippen LogP contribution in [0.3, 0.4) is 0 Å². The summed E-state index contributed by atoms with van der Waals surface area (Å²) < 4.78 is 0. The number of nitrogens with two attached hydrogens (primary N) is 1. The van der Waals surface area contributed by atoms with E-state index in [1.165, 1.54) is 30.4 Å². The van der Waals surface area contributed by atoms with E-state index in [0.717, 1.165) is 12.6 Å². The minimum Gasteiger partial charge on any atom is -0.326 e. The molecule has 2 heteroatoms. The van der Waals surface area contributed by atoms with Crippen LogP contribution in [0.4, 0.5) is 0 Å². The third kappa shape index (κ3) is 2.34. The van der Waals surface area contributed by atoms with Gasteiger partial charge in [0, 0.05) is 19.1 Å². The molecule has 2 nitrogen and oxygen atoms in total. The maximum absolute atomic E-state index is 5.54. The number of benzene rings is 1. The Balaban J connectivity index is 1.83. The average Bonchev–Trinajstić information content (AvgIpc) is 2.16. The maximum Gasteiger partial charge on any atom is 0.0208 e. The fraction of sp³-hybridized carbons (Fsp3) is 0.500. The third-order valence-corrected chi connectivity index (χ3v) is 2.96. The molecular weight excluding hydrogens is 172 g/mol. The number of hydrogen-bond donors (Lipinski definition) is 2. The minimum absolute atomic E-state index is 0.635. The summed E-state index contributed by atoms with van der Waals surface area (Å²) in [7, 11) is 0. The first kappa shape index (κ1) is 9.69. The molecule has 3 N–H and O–H groups in total. The van der Waals surface area contributed by atoms with Crippen LogP contribution in [0.5, 0.6) is 0 Å². The molecule has 1 aromatic rings. The fourth-order valence-corrected chi connectivity index (χ4v) is 1.67. The largest absolute Gasteiger partial charge is 0.326 e. The molecule has 0 unspecified atom stereocenters. The van der Waals surface area contributed by atoms with Crippen LogP contribution in [0.15, 0.2) is 24.3 Å². The van der Waals surface area contributed by atoms with Crippen LogP contribution in [0.25, 0.3) is 0 Å². The normalized spacial score (nSPS) is 16.6. The molecule has 14 heavy (non-hydrogen) atoms. The lowest BCUT2D eigenvalue weighted by atomic mass is 9.93. The van der Waals surface area contributed by atoms with E-state index in [1.54, 1.807) is 0 Å². The van der Waals surface area contributed by atoms with Gasteiger partial charge in [-0.3, -0.25) is 0 Å². The Kier molecular flexibility index (Phi) is 3.17. The average molecular weight is 190 g/mol. The molecule has 0 spiro atoms. The second-order valence-electron chi connectivity index (χ2n) is 4.03. The maximum atomic E-state index is 5.54. The van der Waals surface area contributed by atoms with E-state index in [2.05, 4.69) is 29.6 Å². The molecule has 0 radical (unpaired) electrons. The lowest BCUT2D eigenvalue weighted by Crippen LogP contribution is -2.34. The molecular formula is C12H18N2. The van der Waals surface area contributed by atoms with Gasteiger partial charge in [0.2, 0.25) is 0 Å². The SMILES string of the molecule is NCc1ccc(CNC2CCC2)cc1. The van der Waals surface area contributed by atoms with Gasteiger partial charge in [-0.15, -0.1) is 0 Å². The highest BCUT2D eigenvalue weighted by molar-refractivity contribution is 5.22. The molecule has 1 saturated carbocycles. The lowest BCUT2D eigenvalue weighted by molar-refractivity contribution is 0.338. The summed E-state index contributed by atoms with van der Waals surface area (Å²) >= 11 is 0. The van der Waals surface area contributed by atoms with E-state index in [4.69, 9.17) is 5.73 Å². The van der Waals surface area contributed by atoms with Crippen LogP contribution in [0.2, 0.25) is 0 Å². The van der Waals surface area contributed by atoms with Crippen molar-refractivity contribution in [3.05, 3.63) is 35.4 Å². The third-order valence-electron chi connectivity index (χ3n) is 2.96. The number of rotatable bonds is 4. The zero-order valence-electron chi connectivity index (χ0n) is 8.50. The Hall–Kier alpha value is -0.860. The Morgan fingerprint density at radius 1 is 1.14 bits per heavy atom. The molecule has 0 saturated heterocycles. The van der Waals surface area contributed by atoms with Gasteiger partial charge in [-0.2, -0.15) is 0 Å². The number of nitrogens with one attached hydrogen (secondary N) is 1. The zero-order valence-corrected chi connectivity index (χ0v) is 8.50. The molecule has 0 aromatic heterocycles. The first-order valence-electron chi connectivity index (χ1n) is 5.40. The highest BCUT2D eigenvalue weighted by Gasteiger charge is 2.15. The summed E-state index contributed by atoms with van der Waals surface area (Å²) in [4.78, 5) is 0. The standard InChI is InChI=1S/C12H18N2/c13-8-10-4-6-11(7-5-10)9-14-12-2-1-3-12/h4-7,12,14H,1-3,8-9,13H2. The first-order valence-corrected chi connectivity index (χ1v) is 5.40. The summed E-state index contributed by atoms with van der Waals surface area (Å²) in [5.41, 5.74) is 8.10. The topological polar surface area (TPSA) is 38.0 Å². The molecule has 1 aliphatic carbocycles. The smallest absolute Gasteiger partial charge is 0.0208 e. The Labute approximate surface area is 85.5 Å². The monoisotopic (exact) mass is 190 g/mol. The Morgan fingerprint density at radius 2 is 1.79 bits per heavy atom. The second-order valence-corrected chi connectivity index (χ2v) is 4.03. The molecule has 1 aliphatic rings. The van der Waals surface area contributed by atoms with Gasteiger partial charge in [-0.1, -0.05) is 30.7 Å². The van der Waals surface area contributed by atoms with Crippen molar-refractivity contribution in [1.82, 2.24) is 5.32 Å². The molecule has 0 amide bonds. The molecule has 0 bridgehead atoms. The van der Waals surface area contributed by atoms with Crippen molar-refractivity contribution in [2.75, 3.05) is 0 Å². The summed E-state index contributed by atoms with van der Waals surface area (Å²) in [5, 5.41) is 3.54. The van der Waals surface area contributed by atoms with Crippen LogP contribution in [0, 0.1) is 0 Å². The fourth-order valence-electron chi connectivity index (χ4n) is 1.67. The summed E-state index contributed by atoms with van der Waals surface area (Å²) in [5.74, 6) is 0. The molecule has 1 aromatic carbocycles. The van der Waals surface area contributed by atoms with Crippen molar-refractivity contribution in [3.63, 3.8) is 0 Å². The lowest BCUT2D eigenvalue weighted by Gasteiger charge is -2.26. The summed E-state index contributed by atoms with van der Waals surface area (Å²) in [6, 6.07) is 9.31. The van der Waals surface area contributed by atoms with Crippen LogP contribution in [-0.2, 0) is 13.1 Å². The minimum atomic E-state index is 0.635. The van der Waals surface area contributed by atoms with Gasteiger partial charge in [0.25, 0.3) is 0 Å². The van der Waals surface area contributed by atoms with Gasteiger partial charge in [0.05, 0.1) is 0 Å². The first-order chi connectivity index (χ1) is 6.88. The van der Waals surface area contributed by atoms with E-state index in [-0.39, 0.29) is 0 Å². The van der Waals surface area contributed by atoms with Gasteiger partial charge in [0.15, 0.2) is 0 Å². The molecule has 1 fully saturated rings. The predicted molar refractivity (Wildman–Crippen MR) is 58.8 cm³/mol. The molecule has 0 heterocycles. The van der Waals surface area contributed by atoms with E-state index in [0.29, 0.717) is 6.54 Å². The molecule has 0 atom stereocenters. The Morgan fingerprint density at radius 3 is 2.29 bits per heavy atom. The van der Waals surface area contributed by atoms with Crippen molar-refractivity contribution in [2.45, 2.75) is 38.4 Å². The highest BCUT2D eigenvalue weighted by atomic mass is 14.9. The molecule has 2 rings (SSSR count). The van der Waals surface area contributed by atoms with Crippen LogP contribution in [0.1, 0.15) is 30.4 Å². The number of hydrogen-bond acceptors (Lipinski definition) is 2. The highest BCUT2D eigenvalue weighted by Crippen LogP contribution is 2.18. The van der Waals surface area contributed by atoms with Crippen LogP contribution < -0.4 is 11.1 Å². The van der Waals surface area contributed by atoms with E-state index >= 15 is 0 Å². The Bertz CT molecular complexity index is 275. The van der Waals surface area contributed by atoms with Crippen molar-refractivity contribution < 1.29 is 0 Å². The summed E-state index contributed by atoms with van der Waals surface area (Å²) in [6.45, 7) is 1.63. The van der Waals surface area contributed by atoms with Gasteiger partial charge in [-0.05, 0) is 24.0 Å². The van der Waals surface area contributed by atoms with Gasteiger partial charge in [-0.25, -0.2) is 0 Å². The van der Waals surface area contributed by atoms with Gasteiger partial charge in [0.1, 0.15) is 0 Å². The van der Waals surface area contributed by atoms with Crippen molar-refractivity contribution in [3.8, 4) is 0 Å². The molecule has 0 aliphatic heterocycles. The quantitative estimate of drug-likeness (QED) is 0.759. The van der Waals surface area contributed by atoms with E-state index in [1.807, 2.05) is 0 Å². The van der Waals surface area contributed by atoms with Crippen LogP contribution in [-0.4, -0.2) is 6.04 Å². The summed E-state index contributed by atoms with van der Waals surface area (Å²) in [6.07, 6.45) is 4.09. The van der Waals surface area contributed by atoms with Crippen LogP contribution >= 0.6 is 0 Å². The zero-order chi connectivity index (χ0) is 9.80. The van der Waals surface area contributed by atoms with E-state index in [9.17, 15) is 0 Å². The second kappa shape index (κ2) is 4.58. The van der Waals surface area contributed by atoms with Crippen molar-refractivity contribution in [1.29, 1.82) is 0 Å². The predicted octanol–water partition coefficient (Wildman–Crippen LogP) is 1.79. The van der Waals surface area contributed by atoms with Crippen molar-refractivity contribution in [2.24, 2.45) is 5.73 Å². The van der Waals surface area contributed by atoms with Crippen molar-refractivity contribution >= 4 is 0 Å². The van der Waals surface area contributed by atoms with Gasteiger partial charge >= 0.3 is 0 Å². The van der Waals surface area contributed by atoms with Gasteiger partial charge < -0.3 is 11.1 Å². The van der Waals surface area contributed by atoms with E-state index < -0.39 is 0 Å². The molecule has 76 valence electrons.